The lowest BCUT2D eigenvalue weighted by Gasteiger charge is -2.10. The molecule has 218 valence electrons. The highest BCUT2D eigenvalue weighted by Gasteiger charge is 2.22. The summed E-state index contributed by atoms with van der Waals surface area (Å²) in [5.41, 5.74) is 10.9. The van der Waals surface area contributed by atoms with Crippen LogP contribution in [0.1, 0.15) is 66.5 Å². The maximum atomic E-state index is 13.2. The Kier molecular flexibility index (Phi) is 11.8. The molecular formula is C32H40FN5O2S. The average Bonchev–Trinajstić information content (AvgIpc) is 3.64. The van der Waals surface area contributed by atoms with Crippen molar-refractivity contribution in [3.63, 3.8) is 0 Å². The molecule has 2 aromatic carbocycles. The van der Waals surface area contributed by atoms with Gasteiger partial charge in [-0.2, -0.15) is 5.10 Å². The van der Waals surface area contributed by atoms with Crippen molar-refractivity contribution >= 4 is 29.6 Å². The average molecular weight is 578 g/mol. The quantitative estimate of drug-likeness (QED) is 0.143. The highest BCUT2D eigenvalue weighted by atomic mass is 32.2. The van der Waals surface area contributed by atoms with Crippen LogP contribution in [0, 0.1) is 19.7 Å². The highest BCUT2D eigenvalue weighted by molar-refractivity contribution is 7.98. The molecule has 0 aliphatic heterocycles. The van der Waals surface area contributed by atoms with E-state index in [1.165, 1.54) is 31.2 Å². The second kappa shape index (κ2) is 15.3. The van der Waals surface area contributed by atoms with Crippen LogP contribution in [0.4, 0.5) is 10.2 Å². The standard InChI is InChI=1S/C24H29N5O2S.C6H5F.C2H6/c1-14-11-18(31-4)7-10-22(14)29-24(25)20(13-26-29)23(30)21-12-17(16(3)27-21)6-5-15(2)28-32-19-8-9-19;7-6-4-2-1-3-5-6;1-2/h5-7,10-13,15,19,27-28H,8-9,25H2,1-4H3;1-5H;1-2H3/b6-5-;;. The zero-order chi connectivity index (χ0) is 29.9. The van der Waals surface area contributed by atoms with Gasteiger partial charge in [0, 0.05) is 17.0 Å². The number of aromatic amines is 1. The van der Waals surface area contributed by atoms with Crippen LogP contribution >= 0.6 is 11.9 Å². The normalized spacial score (nSPS) is 13.1. The fourth-order valence-corrected chi connectivity index (χ4v) is 4.68. The first kappa shape index (κ1) is 31.7. The summed E-state index contributed by atoms with van der Waals surface area (Å²) in [6, 6.07) is 15.7. The maximum Gasteiger partial charge on any atom is 0.214 e. The lowest BCUT2D eigenvalue weighted by molar-refractivity contribution is 0.103. The van der Waals surface area contributed by atoms with Crippen molar-refractivity contribution in [3.05, 3.63) is 101 Å². The van der Waals surface area contributed by atoms with E-state index in [9.17, 15) is 9.18 Å². The molecule has 0 amide bonds. The van der Waals surface area contributed by atoms with Crippen LogP contribution in [-0.4, -0.2) is 38.9 Å². The Hall–Kier alpha value is -3.82. The number of nitrogens with one attached hydrogen (secondary N) is 2. The number of anilines is 1. The van der Waals surface area contributed by atoms with Gasteiger partial charge in [0.05, 0.1) is 30.3 Å². The van der Waals surface area contributed by atoms with Gasteiger partial charge in [0.2, 0.25) is 5.78 Å². The summed E-state index contributed by atoms with van der Waals surface area (Å²) in [6.07, 6.45) is 8.27. The van der Waals surface area contributed by atoms with Crippen molar-refractivity contribution in [1.29, 1.82) is 0 Å². The summed E-state index contributed by atoms with van der Waals surface area (Å²) in [5, 5.41) is 5.13. The van der Waals surface area contributed by atoms with E-state index in [0.717, 1.165) is 33.5 Å². The van der Waals surface area contributed by atoms with Gasteiger partial charge in [0.25, 0.3) is 0 Å². The molecule has 1 aliphatic carbocycles. The topological polar surface area (TPSA) is 98.0 Å². The second-order valence-corrected chi connectivity index (χ2v) is 10.6. The number of aryl methyl sites for hydroxylation is 2. The van der Waals surface area contributed by atoms with Gasteiger partial charge >= 0.3 is 0 Å². The first-order chi connectivity index (χ1) is 19.8. The molecule has 41 heavy (non-hydrogen) atoms. The number of nitrogen functional groups attached to an aromatic ring is 1. The molecule has 1 unspecified atom stereocenters. The van der Waals surface area contributed by atoms with Gasteiger partial charge in [-0.15, -0.1) is 0 Å². The minimum atomic E-state index is -0.182. The number of nitrogens with two attached hydrogens (primary N) is 1. The predicted molar refractivity (Wildman–Crippen MR) is 168 cm³/mol. The number of halogens is 1. The molecule has 0 saturated heterocycles. The van der Waals surface area contributed by atoms with Crippen LogP contribution < -0.4 is 15.2 Å². The Morgan fingerprint density at radius 3 is 2.49 bits per heavy atom. The first-order valence-electron chi connectivity index (χ1n) is 13.8. The van der Waals surface area contributed by atoms with E-state index in [-0.39, 0.29) is 17.6 Å². The first-order valence-corrected chi connectivity index (χ1v) is 14.7. The van der Waals surface area contributed by atoms with Crippen molar-refractivity contribution in [2.75, 3.05) is 12.8 Å². The van der Waals surface area contributed by atoms with Gasteiger partial charge in [-0.05, 0) is 81.1 Å². The molecule has 5 rings (SSSR count). The van der Waals surface area contributed by atoms with Crippen LogP contribution in [-0.2, 0) is 0 Å². The Morgan fingerprint density at radius 1 is 1.20 bits per heavy atom. The van der Waals surface area contributed by atoms with Gasteiger partial charge in [-0.25, -0.2) is 9.07 Å². The monoisotopic (exact) mass is 577 g/mol. The molecule has 1 aliphatic rings. The maximum absolute atomic E-state index is 13.2. The molecule has 1 fully saturated rings. The smallest absolute Gasteiger partial charge is 0.214 e. The molecule has 0 spiro atoms. The zero-order valence-corrected chi connectivity index (χ0v) is 25.4. The van der Waals surface area contributed by atoms with Crippen molar-refractivity contribution in [2.24, 2.45) is 0 Å². The summed E-state index contributed by atoms with van der Waals surface area (Å²) in [6.45, 7) is 10.0. The molecule has 2 heterocycles. The number of methoxy groups -OCH3 is 1. The Bertz CT molecular complexity index is 1440. The number of rotatable bonds is 9. The second-order valence-electron chi connectivity index (χ2n) is 9.48. The minimum Gasteiger partial charge on any atom is -0.497 e. The largest absolute Gasteiger partial charge is 0.497 e. The van der Waals surface area contributed by atoms with E-state index in [4.69, 9.17) is 10.5 Å². The summed E-state index contributed by atoms with van der Waals surface area (Å²) in [7, 11) is 1.62. The van der Waals surface area contributed by atoms with E-state index < -0.39 is 0 Å². The van der Waals surface area contributed by atoms with Gasteiger partial charge in [-0.3, -0.25) is 9.52 Å². The summed E-state index contributed by atoms with van der Waals surface area (Å²) in [4.78, 5) is 16.4. The number of nitrogens with zero attached hydrogens (tertiary/aromatic N) is 2. The number of benzene rings is 2. The van der Waals surface area contributed by atoms with Crippen molar-refractivity contribution in [1.82, 2.24) is 19.5 Å². The number of ketones is 1. The van der Waals surface area contributed by atoms with Crippen LogP contribution in [0.3, 0.4) is 0 Å². The Balaban J connectivity index is 0.000000443. The van der Waals surface area contributed by atoms with E-state index in [0.29, 0.717) is 17.1 Å². The van der Waals surface area contributed by atoms with Gasteiger partial charge in [0.1, 0.15) is 17.4 Å². The van der Waals surface area contributed by atoms with Crippen LogP contribution in [0.5, 0.6) is 5.75 Å². The molecule has 7 nitrogen and oxygen atoms in total. The number of aromatic nitrogens is 3. The van der Waals surface area contributed by atoms with E-state index in [2.05, 4.69) is 27.8 Å². The van der Waals surface area contributed by atoms with Gasteiger partial charge < -0.3 is 15.5 Å². The Morgan fingerprint density at radius 2 is 1.90 bits per heavy atom. The molecule has 4 N–H and O–H groups in total. The minimum absolute atomic E-state index is 0.178. The zero-order valence-electron chi connectivity index (χ0n) is 24.6. The third-order valence-electron chi connectivity index (χ3n) is 6.23. The number of carbonyl (C=O) groups excluding carboxylic acids is 1. The van der Waals surface area contributed by atoms with Crippen LogP contribution in [0.15, 0.2) is 66.9 Å². The fourth-order valence-electron chi connectivity index (χ4n) is 3.82. The highest BCUT2D eigenvalue weighted by Crippen LogP contribution is 2.32. The van der Waals surface area contributed by atoms with E-state index in [1.54, 1.807) is 30.0 Å². The number of hydrogen-bond donors (Lipinski definition) is 3. The molecule has 4 aromatic rings. The lowest BCUT2D eigenvalue weighted by Crippen LogP contribution is -2.16. The predicted octanol–water partition coefficient (Wildman–Crippen LogP) is 7.29. The van der Waals surface area contributed by atoms with E-state index in [1.807, 2.05) is 70.0 Å². The number of carbonyl (C=O) groups is 1. The fraction of sp³-hybridized carbons (Fsp3) is 0.312. The molecule has 0 radical (unpaired) electrons. The van der Waals surface area contributed by atoms with Crippen LogP contribution in [0.25, 0.3) is 11.8 Å². The third-order valence-corrected chi connectivity index (χ3v) is 7.54. The van der Waals surface area contributed by atoms with Crippen LogP contribution in [0.2, 0.25) is 0 Å². The number of ether oxygens (including phenoxy) is 1. The van der Waals surface area contributed by atoms with Crippen molar-refractivity contribution < 1.29 is 13.9 Å². The molecule has 1 saturated carbocycles. The summed E-state index contributed by atoms with van der Waals surface area (Å²) >= 11 is 1.81. The van der Waals surface area contributed by atoms with Gasteiger partial charge in [0.15, 0.2) is 0 Å². The van der Waals surface area contributed by atoms with Crippen molar-refractivity contribution in [3.8, 4) is 11.4 Å². The van der Waals surface area contributed by atoms with Gasteiger partial charge in [-0.1, -0.05) is 56.1 Å². The third kappa shape index (κ3) is 8.83. The lowest BCUT2D eigenvalue weighted by atomic mass is 10.1. The number of H-pyrrole nitrogens is 1. The Labute approximate surface area is 246 Å². The summed E-state index contributed by atoms with van der Waals surface area (Å²) in [5.74, 6) is 0.703. The van der Waals surface area contributed by atoms with E-state index >= 15 is 0 Å². The molecule has 2 aromatic heterocycles. The number of hydrogen-bond acceptors (Lipinski definition) is 6. The molecule has 0 bridgehead atoms. The van der Waals surface area contributed by atoms with Crippen molar-refractivity contribution in [2.45, 2.75) is 58.8 Å². The molecular weight excluding hydrogens is 537 g/mol. The molecule has 1 atom stereocenters. The summed E-state index contributed by atoms with van der Waals surface area (Å²) < 4.78 is 22.2. The SMILES string of the molecule is CC.COc1ccc(-n2ncc(C(=O)c3cc(/C=C\C(C)NSC4CC4)c(C)[nH]3)c2N)c(C)c1.Fc1ccccc1. The molecule has 9 heteroatoms.